The molecule has 10 nitrogen and oxygen atoms in total. The summed E-state index contributed by atoms with van der Waals surface area (Å²) in [5.41, 5.74) is 0.488. The van der Waals surface area contributed by atoms with E-state index < -0.39 is 34.8 Å². The van der Waals surface area contributed by atoms with Crippen molar-refractivity contribution in [2.45, 2.75) is 62.7 Å². The smallest absolute Gasteiger partial charge is 0.416 e. The van der Waals surface area contributed by atoms with Crippen LogP contribution >= 0.6 is 23.1 Å². The van der Waals surface area contributed by atoms with E-state index in [9.17, 15) is 27.6 Å². The lowest BCUT2D eigenvalue weighted by atomic mass is 9.95. The monoisotopic (exact) mass is 647 g/mol. The number of carbonyl (C=O) groups excluding carboxylic acids is 3. The predicted octanol–water partition coefficient (Wildman–Crippen LogP) is 6.05. The van der Waals surface area contributed by atoms with Crippen LogP contribution in [0.15, 0.2) is 52.2 Å². The van der Waals surface area contributed by atoms with Crippen LogP contribution in [-0.4, -0.2) is 44.4 Å². The number of furan rings is 1. The maximum atomic E-state index is 13.6. The number of hydrogen-bond acceptors (Lipinski definition) is 9. The van der Waals surface area contributed by atoms with E-state index in [1.165, 1.54) is 40.4 Å². The van der Waals surface area contributed by atoms with Gasteiger partial charge in [0.15, 0.2) is 16.7 Å². The predicted molar refractivity (Wildman–Crippen MR) is 157 cm³/mol. The molecule has 0 fully saturated rings. The van der Waals surface area contributed by atoms with E-state index in [0.717, 1.165) is 60.0 Å². The minimum atomic E-state index is -4.60. The van der Waals surface area contributed by atoms with Gasteiger partial charge in [-0.15, -0.1) is 21.5 Å². The largest absolute Gasteiger partial charge is 0.462 e. The van der Waals surface area contributed by atoms with Crippen LogP contribution in [0.5, 0.6) is 0 Å². The zero-order valence-electron chi connectivity index (χ0n) is 23.7. The number of alkyl halides is 3. The van der Waals surface area contributed by atoms with Gasteiger partial charge in [0.2, 0.25) is 5.91 Å². The molecule has 2 N–H and O–H groups in total. The van der Waals surface area contributed by atoms with E-state index in [4.69, 9.17) is 9.15 Å². The number of anilines is 1. The molecule has 44 heavy (non-hydrogen) atoms. The van der Waals surface area contributed by atoms with Crippen molar-refractivity contribution in [2.24, 2.45) is 0 Å². The second-order valence-corrected chi connectivity index (χ2v) is 12.2. The number of nitrogens with one attached hydrogen (secondary N) is 2. The lowest BCUT2D eigenvalue weighted by molar-refractivity contribution is -0.137. The second kappa shape index (κ2) is 13.3. The molecule has 3 aromatic heterocycles. The molecule has 1 aliphatic carbocycles. The molecule has 2 amide bonds. The highest BCUT2D eigenvalue weighted by atomic mass is 32.2. The molecule has 0 aliphatic heterocycles. The molecule has 1 aliphatic rings. The van der Waals surface area contributed by atoms with Gasteiger partial charge in [0.1, 0.15) is 5.00 Å². The maximum Gasteiger partial charge on any atom is 0.416 e. The molecule has 0 spiro atoms. The van der Waals surface area contributed by atoms with Gasteiger partial charge in [-0.05, 0) is 75.4 Å². The van der Waals surface area contributed by atoms with Crippen LogP contribution in [0.25, 0.3) is 5.69 Å². The average Bonchev–Trinajstić information content (AvgIpc) is 3.74. The van der Waals surface area contributed by atoms with Crippen LogP contribution in [0.4, 0.5) is 18.2 Å². The van der Waals surface area contributed by atoms with Crippen molar-refractivity contribution in [1.29, 1.82) is 0 Å². The molecule has 0 bridgehead atoms. The van der Waals surface area contributed by atoms with Crippen molar-refractivity contribution in [3.63, 3.8) is 0 Å². The molecule has 4 aromatic rings. The Bertz CT molecular complexity index is 1670. The van der Waals surface area contributed by atoms with E-state index >= 15 is 0 Å². The van der Waals surface area contributed by atoms with Crippen LogP contribution in [0.1, 0.15) is 69.4 Å². The van der Waals surface area contributed by atoms with E-state index in [1.54, 1.807) is 19.9 Å². The van der Waals surface area contributed by atoms with Crippen molar-refractivity contribution in [2.75, 3.05) is 11.9 Å². The van der Waals surface area contributed by atoms with Crippen molar-refractivity contribution in [3.8, 4) is 5.69 Å². The summed E-state index contributed by atoms with van der Waals surface area (Å²) in [5.74, 6) is -1.30. The third-order valence-corrected chi connectivity index (χ3v) is 9.07. The Morgan fingerprint density at radius 2 is 1.95 bits per heavy atom. The summed E-state index contributed by atoms with van der Waals surface area (Å²) in [6, 6.07) is 7.60. The fourth-order valence-corrected chi connectivity index (χ4v) is 6.89. The third-order valence-electron chi connectivity index (χ3n) is 6.82. The first kappa shape index (κ1) is 31.3. The molecule has 1 aromatic carbocycles. The molecule has 0 saturated carbocycles. The topological polar surface area (TPSA) is 128 Å². The number of nitrogens with zero attached hydrogens (tertiary/aromatic N) is 3. The summed E-state index contributed by atoms with van der Waals surface area (Å²) in [4.78, 5) is 39.7. The maximum absolute atomic E-state index is 13.6. The summed E-state index contributed by atoms with van der Waals surface area (Å²) in [5, 5.41) is 13.5. The quantitative estimate of drug-likeness (QED) is 0.157. The number of rotatable bonds is 10. The van der Waals surface area contributed by atoms with E-state index in [1.807, 2.05) is 0 Å². The number of carbonyl (C=O) groups is 3. The first-order valence-corrected chi connectivity index (χ1v) is 15.5. The number of aromatic nitrogens is 3. The van der Waals surface area contributed by atoms with Gasteiger partial charge in [-0.1, -0.05) is 17.8 Å². The molecule has 1 unspecified atom stereocenters. The number of thiophene rings is 1. The fraction of sp³-hybridized carbons (Fsp3) is 0.345. The van der Waals surface area contributed by atoms with Crippen molar-refractivity contribution < 1.29 is 36.7 Å². The first-order chi connectivity index (χ1) is 21.1. The highest BCUT2D eigenvalue weighted by Gasteiger charge is 2.32. The number of esters is 1. The minimum absolute atomic E-state index is 0.0486. The average molecular weight is 648 g/mol. The van der Waals surface area contributed by atoms with Crippen LogP contribution in [0, 0.1) is 0 Å². The summed E-state index contributed by atoms with van der Waals surface area (Å²) < 4.78 is 52.4. The Balaban J connectivity index is 1.41. The Morgan fingerprint density at radius 3 is 2.68 bits per heavy atom. The van der Waals surface area contributed by atoms with Gasteiger partial charge < -0.3 is 19.8 Å². The van der Waals surface area contributed by atoms with Gasteiger partial charge >= 0.3 is 12.1 Å². The summed E-state index contributed by atoms with van der Waals surface area (Å²) in [6.07, 6.45) is 0.193. The van der Waals surface area contributed by atoms with Crippen LogP contribution < -0.4 is 10.6 Å². The Labute approximate surface area is 258 Å². The molecule has 232 valence electrons. The summed E-state index contributed by atoms with van der Waals surface area (Å²) in [7, 11) is 0. The Hall–Kier alpha value is -4.11. The number of ether oxygens (including phenoxy) is 1. The number of amides is 2. The van der Waals surface area contributed by atoms with Crippen LogP contribution in [-0.2, 0) is 35.1 Å². The summed E-state index contributed by atoms with van der Waals surface area (Å²) >= 11 is 2.33. The fourth-order valence-electron chi connectivity index (χ4n) is 4.72. The zero-order valence-corrected chi connectivity index (χ0v) is 25.3. The van der Waals surface area contributed by atoms with E-state index in [-0.39, 0.29) is 35.6 Å². The van der Waals surface area contributed by atoms with Gasteiger partial charge in [-0.3, -0.25) is 14.2 Å². The highest BCUT2D eigenvalue weighted by Crippen LogP contribution is 2.39. The molecule has 0 saturated heterocycles. The lowest BCUT2D eigenvalue weighted by Crippen LogP contribution is -2.25. The van der Waals surface area contributed by atoms with Crippen LogP contribution in [0.3, 0.4) is 0 Å². The normalized spacial score (nSPS) is 13.7. The second-order valence-electron chi connectivity index (χ2n) is 9.83. The van der Waals surface area contributed by atoms with Crippen molar-refractivity contribution >= 4 is 45.9 Å². The standard InChI is InChI=1S/C29H28F3N5O5S2/c1-3-41-27(40)23-19-10-4-5-12-21(19)44-26(23)34-24(38)16(2)43-28-36-35-22(15-33-25(39)20-11-7-13-42-20)37(28)18-9-6-8-17(14-18)29(30,31)32/h6-9,11,13-14,16H,3-5,10,12,15H2,1-2H3,(H,33,39)(H,34,38). The molecule has 3 heterocycles. The highest BCUT2D eigenvalue weighted by molar-refractivity contribution is 8.00. The van der Waals surface area contributed by atoms with Crippen molar-refractivity contribution in [3.05, 3.63) is 75.8 Å². The molecule has 5 rings (SSSR count). The minimum Gasteiger partial charge on any atom is -0.462 e. The molecule has 1 atom stereocenters. The number of hydrogen-bond donors (Lipinski definition) is 2. The molecule has 15 heteroatoms. The van der Waals surface area contributed by atoms with Gasteiger partial charge in [0.05, 0.1) is 41.5 Å². The Morgan fingerprint density at radius 1 is 1.16 bits per heavy atom. The van der Waals surface area contributed by atoms with Gasteiger partial charge in [-0.25, -0.2) is 4.79 Å². The van der Waals surface area contributed by atoms with Gasteiger partial charge in [0.25, 0.3) is 5.91 Å². The van der Waals surface area contributed by atoms with E-state index in [0.29, 0.717) is 10.6 Å². The number of aryl methyl sites for hydroxylation is 1. The Kier molecular flexibility index (Phi) is 9.44. The first-order valence-electron chi connectivity index (χ1n) is 13.8. The third kappa shape index (κ3) is 6.83. The van der Waals surface area contributed by atoms with E-state index in [2.05, 4.69) is 20.8 Å². The lowest BCUT2D eigenvalue weighted by Gasteiger charge is -2.15. The zero-order chi connectivity index (χ0) is 31.4. The van der Waals surface area contributed by atoms with Gasteiger partial charge in [0, 0.05) is 4.88 Å². The number of benzene rings is 1. The molecular formula is C29H28F3N5O5S2. The summed E-state index contributed by atoms with van der Waals surface area (Å²) in [6.45, 7) is 3.33. The van der Waals surface area contributed by atoms with Crippen molar-refractivity contribution in [1.82, 2.24) is 20.1 Å². The number of halogens is 3. The van der Waals surface area contributed by atoms with Crippen LogP contribution in [0.2, 0.25) is 0 Å². The SMILES string of the molecule is CCOC(=O)c1c(NC(=O)C(C)Sc2nnc(CNC(=O)c3ccco3)n2-c2cccc(C(F)(F)F)c2)sc2c1CCCC2. The molecule has 0 radical (unpaired) electrons. The number of fused-ring (bicyclic) bond motifs is 1. The molecular weight excluding hydrogens is 619 g/mol. The number of thioether (sulfide) groups is 1. The van der Waals surface area contributed by atoms with Gasteiger partial charge in [-0.2, -0.15) is 13.2 Å².